The van der Waals surface area contributed by atoms with Gasteiger partial charge in [0.25, 0.3) is 0 Å². The summed E-state index contributed by atoms with van der Waals surface area (Å²) in [4.78, 5) is 24.5. The number of amides is 2. The van der Waals surface area contributed by atoms with Crippen LogP contribution in [0.25, 0.3) is 0 Å². The van der Waals surface area contributed by atoms with Crippen LogP contribution in [-0.4, -0.2) is 56.9 Å². The molecule has 0 aromatic carbocycles. The normalized spacial score (nSPS) is 28.1. The highest BCUT2D eigenvalue weighted by Gasteiger charge is 2.26. The van der Waals surface area contributed by atoms with Gasteiger partial charge in [-0.15, -0.1) is 0 Å². The average molecular weight is 302 g/mol. The summed E-state index contributed by atoms with van der Waals surface area (Å²) < 4.78 is 11.3. The molecule has 2 heterocycles. The Balaban J connectivity index is 1.71. The van der Waals surface area contributed by atoms with Crippen molar-refractivity contribution in [3.63, 3.8) is 0 Å². The summed E-state index contributed by atoms with van der Waals surface area (Å²) >= 11 is 0. The number of rotatable bonds is 3. The second-order valence-electron chi connectivity index (χ2n) is 5.60. The van der Waals surface area contributed by atoms with Gasteiger partial charge in [-0.1, -0.05) is 0 Å². The van der Waals surface area contributed by atoms with Crippen LogP contribution in [-0.2, 0) is 15.6 Å². The molecule has 2 rings (SSSR count). The Morgan fingerprint density at radius 2 is 1.75 bits per heavy atom. The number of carbonyl (C=O) groups excluding carboxylic acids is 1. The Kier molecular flexibility index (Phi) is 5.39. The first-order valence-corrected chi connectivity index (χ1v) is 8.65. The molecule has 2 amide bonds. The summed E-state index contributed by atoms with van der Waals surface area (Å²) in [6.07, 6.45) is 3.29. The Hall–Kier alpha value is -1.11. The molecule has 0 unspecified atom stereocenters. The van der Waals surface area contributed by atoms with Crippen LogP contribution in [0.3, 0.4) is 0 Å². The molecule has 2 N–H and O–H groups in total. The van der Waals surface area contributed by atoms with Gasteiger partial charge < -0.3 is 15.3 Å². The number of nitrogens with zero attached hydrogens (tertiary/aromatic N) is 1. The van der Waals surface area contributed by atoms with E-state index in [1.54, 1.807) is 4.90 Å². The van der Waals surface area contributed by atoms with E-state index in [9.17, 15) is 13.8 Å². The fraction of sp³-hybridized carbons (Fsp3) is 0.846. The number of likely N-dealkylation sites (tertiary alicyclic amines) is 1. The van der Waals surface area contributed by atoms with Crippen molar-refractivity contribution in [3.8, 4) is 0 Å². The molecular formula is C13H22N2O4S. The molecule has 0 radical (unpaired) electrons. The van der Waals surface area contributed by atoms with Crippen LogP contribution in [0, 0.1) is 5.92 Å². The molecule has 0 aromatic heterocycles. The molecule has 0 bridgehead atoms. The van der Waals surface area contributed by atoms with E-state index < -0.39 is 16.8 Å². The number of hydrogen-bond acceptors (Lipinski definition) is 3. The maximum atomic E-state index is 12.1. The zero-order chi connectivity index (χ0) is 14.5. The number of nitrogens with one attached hydrogen (secondary N) is 1. The number of carboxylic acid groups (broad SMARTS) is 1. The number of aliphatic carboxylic acids is 1. The Bertz CT molecular complexity index is 384. The van der Waals surface area contributed by atoms with E-state index in [2.05, 4.69) is 5.32 Å². The van der Waals surface area contributed by atoms with E-state index in [1.807, 2.05) is 0 Å². The zero-order valence-electron chi connectivity index (χ0n) is 11.5. The van der Waals surface area contributed by atoms with Gasteiger partial charge in [0.1, 0.15) is 0 Å². The van der Waals surface area contributed by atoms with Crippen molar-refractivity contribution in [3.05, 3.63) is 0 Å². The molecule has 0 atom stereocenters. The lowest BCUT2D eigenvalue weighted by Crippen LogP contribution is -2.49. The van der Waals surface area contributed by atoms with Crippen LogP contribution in [0.2, 0.25) is 0 Å². The molecule has 0 aliphatic carbocycles. The van der Waals surface area contributed by atoms with Gasteiger partial charge in [-0.25, -0.2) is 4.79 Å². The van der Waals surface area contributed by atoms with Crippen LogP contribution < -0.4 is 5.32 Å². The summed E-state index contributed by atoms with van der Waals surface area (Å²) in [6.45, 7) is 1.25. The molecule has 2 saturated heterocycles. The fourth-order valence-electron chi connectivity index (χ4n) is 2.79. The minimum absolute atomic E-state index is 0.0588. The van der Waals surface area contributed by atoms with E-state index in [1.165, 1.54) is 0 Å². The third-order valence-corrected chi connectivity index (χ3v) is 5.46. The summed E-state index contributed by atoms with van der Waals surface area (Å²) in [5, 5.41) is 11.8. The number of piperidine rings is 1. The van der Waals surface area contributed by atoms with Crippen LogP contribution in [0.4, 0.5) is 4.79 Å². The second kappa shape index (κ2) is 7.06. The first kappa shape index (κ1) is 15.3. The van der Waals surface area contributed by atoms with Crippen molar-refractivity contribution >= 4 is 22.8 Å². The number of hydrogen-bond donors (Lipinski definition) is 2. The van der Waals surface area contributed by atoms with Gasteiger partial charge >= 0.3 is 12.0 Å². The zero-order valence-corrected chi connectivity index (χ0v) is 12.4. The van der Waals surface area contributed by atoms with E-state index >= 15 is 0 Å². The van der Waals surface area contributed by atoms with Crippen molar-refractivity contribution in [2.45, 2.75) is 38.1 Å². The third kappa shape index (κ3) is 4.47. The van der Waals surface area contributed by atoms with E-state index in [0.29, 0.717) is 24.6 Å². The summed E-state index contributed by atoms with van der Waals surface area (Å²) in [6, 6.07) is 0.0772. The predicted octanol–water partition coefficient (Wildman–Crippen LogP) is 0.794. The van der Waals surface area contributed by atoms with Crippen molar-refractivity contribution in [1.29, 1.82) is 0 Å². The monoisotopic (exact) mass is 302 g/mol. The highest BCUT2D eigenvalue weighted by molar-refractivity contribution is 7.85. The highest BCUT2D eigenvalue weighted by Crippen LogP contribution is 2.20. The topological polar surface area (TPSA) is 86.7 Å². The Labute approximate surface area is 121 Å². The number of carboxylic acids is 1. The van der Waals surface area contributed by atoms with Gasteiger partial charge in [0.15, 0.2) is 0 Å². The van der Waals surface area contributed by atoms with Gasteiger partial charge in [-0.05, 0) is 31.6 Å². The van der Waals surface area contributed by atoms with Crippen LogP contribution >= 0.6 is 0 Å². The SMILES string of the molecule is O=C(O)CC1CCN(C(=O)NC2CCS(=O)CC2)CC1. The van der Waals surface area contributed by atoms with Gasteiger partial charge in [-0.3, -0.25) is 9.00 Å². The maximum absolute atomic E-state index is 12.1. The van der Waals surface area contributed by atoms with Crippen molar-refractivity contribution in [2.75, 3.05) is 24.6 Å². The second-order valence-corrected chi connectivity index (χ2v) is 7.30. The molecule has 2 aliphatic heterocycles. The molecular weight excluding hydrogens is 280 g/mol. The average Bonchev–Trinajstić information content (AvgIpc) is 2.41. The molecule has 0 aromatic rings. The highest BCUT2D eigenvalue weighted by atomic mass is 32.2. The minimum atomic E-state index is -0.761. The van der Waals surface area contributed by atoms with Crippen LogP contribution in [0.15, 0.2) is 0 Å². The van der Waals surface area contributed by atoms with Crippen LogP contribution in [0.5, 0.6) is 0 Å². The summed E-state index contributed by atoms with van der Waals surface area (Å²) in [7, 11) is -0.712. The molecule has 2 aliphatic rings. The van der Waals surface area contributed by atoms with Gasteiger partial charge in [0.2, 0.25) is 0 Å². The Morgan fingerprint density at radius 1 is 1.15 bits per heavy atom. The number of carbonyl (C=O) groups is 2. The molecule has 20 heavy (non-hydrogen) atoms. The standard InChI is InChI=1S/C13H22N2O4S/c16-12(17)9-10-1-5-15(6-2-10)13(18)14-11-3-7-20(19)8-4-11/h10-11H,1-9H2,(H,14,18)(H,16,17). The lowest BCUT2D eigenvalue weighted by Gasteiger charge is -2.33. The quantitative estimate of drug-likeness (QED) is 0.807. The molecule has 0 saturated carbocycles. The molecule has 114 valence electrons. The van der Waals surface area contributed by atoms with Crippen molar-refractivity contribution < 1.29 is 18.9 Å². The maximum Gasteiger partial charge on any atom is 0.317 e. The van der Waals surface area contributed by atoms with Gasteiger partial charge in [0, 0.05) is 47.9 Å². The Morgan fingerprint density at radius 3 is 2.30 bits per heavy atom. The summed E-state index contributed by atoms with van der Waals surface area (Å²) in [5.41, 5.74) is 0. The smallest absolute Gasteiger partial charge is 0.317 e. The molecule has 2 fully saturated rings. The van der Waals surface area contributed by atoms with Crippen molar-refractivity contribution in [1.82, 2.24) is 10.2 Å². The third-order valence-electron chi connectivity index (χ3n) is 4.08. The van der Waals surface area contributed by atoms with Crippen molar-refractivity contribution in [2.24, 2.45) is 5.92 Å². The molecule has 7 heteroatoms. The van der Waals surface area contributed by atoms with Crippen LogP contribution in [0.1, 0.15) is 32.1 Å². The minimum Gasteiger partial charge on any atom is -0.481 e. The lowest BCUT2D eigenvalue weighted by molar-refractivity contribution is -0.138. The van der Waals surface area contributed by atoms with E-state index in [-0.39, 0.29) is 24.4 Å². The van der Waals surface area contributed by atoms with E-state index in [0.717, 1.165) is 25.7 Å². The van der Waals surface area contributed by atoms with E-state index in [4.69, 9.17) is 5.11 Å². The largest absolute Gasteiger partial charge is 0.481 e. The molecule has 6 nitrogen and oxygen atoms in total. The van der Waals surface area contributed by atoms with Gasteiger partial charge in [0.05, 0.1) is 0 Å². The first-order chi connectivity index (χ1) is 9.54. The lowest BCUT2D eigenvalue weighted by atomic mass is 9.94. The molecule has 0 spiro atoms. The van der Waals surface area contributed by atoms with Gasteiger partial charge in [-0.2, -0.15) is 0 Å². The number of urea groups is 1. The predicted molar refractivity (Wildman–Crippen MR) is 76.0 cm³/mol. The first-order valence-electron chi connectivity index (χ1n) is 7.17. The fourth-order valence-corrected chi connectivity index (χ4v) is 4.09. The summed E-state index contributed by atoms with van der Waals surface area (Å²) in [5.74, 6) is 0.772.